The van der Waals surface area contributed by atoms with Gasteiger partial charge in [0.15, 0.2) is 24.1 Å². The number of ether oxygens (including phenoxy) is 5. The molecule has 0 amide bonds. The van der Waals surface area contributed by atoms with Gasteiger partial charge >= 0.3 is 11.9 Å². The van der Waals surface area contributed by atoms with Gasteiger partial charge in [-0.05, 0) is 120 Å². The van der Waals surface area contributed by atoms with Crippen molar-refractivity contribution in [2.24, 2.45) is 0 Å². The monoisotopic (exact) mass is 768 g/mol. The summed E-state index contributed by atoms with van der Waals surface area (Å²) in [7, 11) is 0. The topological polar surface area (TPSA) is 114 Å². The van der Waals surface area contributed by atoms with Crippen LogP contribution in [0.2, 0.25) is 0 Å². The molecule has 2 aromatic heterocycles. The third kappa shape index (κ3) is 10.0. The van der Waals surface area contributed by atoms with Crippen LogP contribution in [-0.2, 0) is 23.8 Å². The van der Waals surface area contributed by atoms with E-state index in [0.29, 0.717) is 58.9 Å². The summed E-state index contributed by atoms with van der Waals surface area (Å²) in [5, 5.41) is 2.46. The Hall–Kier alpha value is -4.84. The standard InChI is InChI=1S/C43H44O9S2/c1-42(2,20-9-10-22-48-38(44)26-49-28-16-18-36-32(24-28)40(46)30-12-5-7-14-34(30)53-36)51-23-11-21-43(3,4)52-39(45)27-50-29-17-19-37-33(25-29)41(47)31-13-6-8-15-35(31)54-37/h5-8,12-19,24-25H,9-11,20-23,26-27H2,1-4H3. The van der Waals surface area contributed by atoms with E-state index in [2.05, 4.69) is 0 Å². The lowest BCUT2D eigenvalue weighted by Crippen LogP contribution is -2.32. The number of esters is 2. The highest BCUT2D eigenvalue weighted by Crippen LogP contribution is 2.29. The smallest absolute Gasteiger partial charge is 0.344 e. The fraction of sp³-hybridized carbons (Fsp3) is 0.349. The Morgan fingerprint density at radius 2 is 1.06 bits per heavy atom. The lowest BCUT2D eigenvalue weighted by atomic mass is 10.0. The van der Waals surface area contributed by atoms with Gasteiger partial charge in [0.2, 0.25) is 0 Å². The zero-order valence-electron chi connectivity index (χ0n) is 30.9. The van der Waals surface area contributed by atoms with E-state index in [1.54, 1.807) is 46.9 Å². The average molecular weight is 769 g/mol. The summed E-state index contributed by atoms with van der Waals surface area (Å²) < 4.78 is 32.1. The second kappa shape index (κ2) is 17.1. The first kappa shape index (κ1) is 38.9. The van der Waals surface area contributed by atoms with Crippen molar-refractivity contribution in [2.45, 2.75) is 71.0 Å². The van der Waals surface area contributed by atoms with Crippen molar-refractivity contribution in [2.75, 3.05) is 26.4 Å². The summed E-state index contributed by atoms with van der Waals surface area (Å²) in [5.74, 6) is -0.0739. The maximum absolute atomic E-state index is 13.0. The zero-order chi connectivity index (χ0) is 38.3. The van der Waals surface area contributed by atoms with E-state index in [1.807, 2.05) is 88.4 Å². The molecular weight excluding hydrogens is 725 g/mol. The van der Waals surface area contributed by atoms with Gasteiger partial charge in [0.05, 0.1) is 12.2 Å². The second-order valence-corrected chi connectivity index (χ2v) is 16.5. The first-order valence-electron chi connectivity index (χ1n) is 18.1. The summed E-state index contributed by atoms with van der Waals surface area (Å²) in [6, 6.07) is 25.6. The van der Waals surface area contributed by atoms with Crippen molar-refractivity contribution in [3.8, 4) is 11.5 Å². The zero-order valence-corrected chi connectivity index (χ0v) is 32.6. The third-order valence-corrected chi connectivity index (χ3v) is 11.4. The normalized spacial score (nSPS) is 12.0. The van der Waals surface area contributed by atoms with Crippen LogP contribution in [0.5, 0.6) is 11.5 Å². The number of fused-ring (bicyclic) bond motifs is 4. The van der Waals surface area contributed by atoms with Crippen LogP contribution in [0.15, 0.2) is 94.5 Å². The lowest BCUT2D eigenvalue weighted by molar-refractivity contribution is -0.160. The maximum atomic E-state index is 13.0. The predicted molar refractivity (Wildman–Crippen MR) is 216 cm³/mol. The molecule has 0 fully saturated rings. The average Bonchev–Trinajstić information content (AvgIpc) is 3.15. The van der Waals surface area contributed by atoms with Crippen molar-refractivity contribution in [1.82, 2.24) is 0 Å². The van der Waals surface area contributed by atoms with E-state index in [4.69, 9.17) is 23.7 Å². The number of benzene rings is 4. The van der Waals surface area contributed by atoms with Crippen LogP contribution in [0.1, 0.15) is 59.8 Å². The molecule has 0 unspecified atom stereocenters. The maximum Gasteiger partial charge on any atom is 0.344 e. The van der Waals surface area contributed by atoms with E-state index in [0.717, 1.165) is 31.6 Å². The summed E-state index contributed by atoms with van der Waals surface area (Å²) in [6.07, 6.45) is 3.56. The predicted octanol–water partition coefficient (Wildman–Crippen LogP) is 9.21. The molecule has 54 heavy (non-hydrogen) atoms. The summed E-state index contributed by atoms with van der Waals surface area (Å²) in [6.45, 7) is 8.05. The molecule has 0 atom stereocenters. The van der Waals surface area contributed by atoms with Crippen LogP contribution in [-0.4, -0.2) is 49.6 Å². The largest absolute Gasteiger partial charge is 0.482 e. The fourth-order valence-corrected chi connectivity index (χ4v) is 8.32. The number of carbonyl (C=O) groups excluding carboxylic acids is 2. The molecule has 0 radical (unpaired) electrons. The molecule has 0 aliphatic heterocycles. The van der Waals surface area contributed by atoms with Crippen LogP contribution in [0.25, 0.3) is 40.3 Å². The van der Waals surface area contributed by atoms with Crippen molar-refractivity contribution in [1.29, 1.82) is 0 Å². The Kier molecular flexibility index (Phi) is 12.3. The Morgan fingerprint density at radius 1 is 0.556 bits per heavy atom. The van der Waals surface area contributed by atoms with Crippen LogP contribution in [0, 0.1) is 0 Å². The van der Waals surface area contributed by atoms with E-state index in [9.17, 15) is 19.2 Å². The number of hydrogen-bond donors (Lipinski definition) is 0. The van der Waals surface area contributed by atoms with Gasteiger partial charge in [0.25, 0.3) is 0 Å². The molecule has 2 heterocycles. The quantitative estimate of drug-likeness (QED) is 0.0509. The number of hydrogen-bond acceptors (Lipinski definition) is 11. The molecule has 0 saturated carbocycles. The molecule has 0 N–H and O–H groups in total. The van der Waals surface area contributed by atoms with Gasteiger partial charge in [-0.25, -0.2) is 9.59 Å². The van der Waals surface area contributed by atoms with Gasteiger partial charge in [0, 0.05) is 47.0 Å². The highest BCUT2D eigenvalue weighted by atomic mass is 32.1. The minimum Gasteiger partial charge on any atom is -0.482 e. The Morgan fingerprint density at radius 3 is 1.63 bits per heavy atom. The Bertz CT molecular complexity index is 2410. The highest BCUT2D eigenvalue weighted by Gasteiger charge is 2.24. The molecule has 0 bridgehead atoms. The van der Waals surface area contributed by atoms with Crippen LogP contribution >= 0.6 is 22.7 Å². The van der Waals surface area contributed by atoms with Crippen LogP contribution < -0.4 is 20.3 Å². The number of rotatable bonds is 17. The lowest BCUT2D eigenvalue weighted by Gasteiger charge is -2.28. The molecule has 11 heteroatoms. The van der Waals surface area contributed by atoms with E-state index in [1.165, 1.54) is 0 Å². The molecule has 4 aromatic carbocycles. The molecule has 282 valence electrons. The van der Waals surface area contributed by atoms with Crippen LogP contribution in [0.3, 0.4) is 0 Å². The van der Waals surface area contributed by atoms with Gasteiger partial charge in [-0.1, -0.05) is 24.3 Å². The molecule has 0 aliphatic carbocycles. The number of unbranched alkanes of at least 4 members (excludes halogenated alkanes) is 1. The summed E-state index contributed by atoms with van der Waals surface area (Å²) >= 11 is 3.08. The molecule has 9 nitrogen and oxygen atoms in total. The molecule has 0 spiro atoms. The van der Waals surface area contributed by atoms with Gasteiger partial charge in [-0.3, -0.25) is 9.59 Å². The van der Waals surface area contributed by atoms with E-state index < -0.39 is 17.5 Å². The molecular formula is C43H44O9S2. The minimum absolute atomic E-state index is 0.0550. The molecule has 0 saturated heterocycles. The van der Waals surface area contributed by atoms with Crippen molar-refractivity contribution >= 4 is 75.0 Å². The minimum atomic E-state index is -0.712. The first-order valence-corrected chi connectivity index (χ1v) is 19.7. The molecule has 0 aliphatic rings. The van der Waals surface area contributed by atoms with Crippen molar-refractivity contribution in [3.63, 3.8) is 0 Å². The van der Waals surface area contributed by atoms with Crippen molar-refractivity contribution in [3.05, 3.63) is 105 Å². The summed E-state index contributed by atoms with van der Waals surface area (Å²) in [4.78, 5) is 50.9. The highest BCUT2D eigenvalue weighted by molar-refractivity contribution is 7.24. The van der Waals surface area contributed by atoms with Crippen molar-refractivity contribution < 1.29 is 33.3 Å². The Labute approximate surface area is 321 Å². The van der Waals surface area contributed by atoms with Gasteiger partial charge in [0.1, 0.15) is 17.1 Å². The van der Waals surface area contributed by atoms with Crippen LogP contribution in [0.4, 0.5) is 0 Å². The third-order valence-electron chi connectivity index (χ3n) is 9.05. The Balaban J connectivity index is 0.846. The van der Waals surface area contributed by atoms with E-state index >= 15 is 0 Å². The van der Waals surface area contributed by atoms with E-state index in [-0.39, 0.29) is 36.3 Å². The molecule has 6 aromatic rings. The number of carbonyl (C=O) groups is 2. The van der Waals surface area contributed by atoms with Gasteiger partial charge < -0.3 is 23.7 Å². The van der Waals surface area contributed by atoms with Gasteiger partial charge in [-0.2, -0.15) is 0 Å². The summed E-state index contributed by atoms with van der Waals surface area (Å²) in [5.41, 5.74) is -1.20. The fourth-order valence-electron chi connectivity index (χ4n) is 6.22. The SMILES string of the molecule is CC(C)(CCCCOC(=O)COc1ccc2sc3ccccc3c(=O)c2c1)OCCCC(C)(C)OC(=O)COc1ccc2sc3ccccc3c(=O)c2c1. The van der Waals surface area contributed by atoms with Gasteiger partial charge in [-0.15, -0.1) is 22.7 Å². The second-order valence-electron chi connectivity index (χ2n) is 14.4. The first-order chi connectivity index (χ1) is 25.9. The molecule has 6 rings (SSSR count).